The Bertz CT molecular complexity index is 904. The van der Waals surface area contributed by atoms with E-state index in [1.165, 1.54) is 6.92 Å². The Hall–Kier alpha value is -3.72. The van der Waals surface area contributed by atoms with E-state index in [4.69, 9.17) is 10.5 Å². The van der Waals surface area contributed by atoms with Crippen molar-refractivity contribution in [3.63, 3.8) is 0 Å². The Kier molecular flexibility index (Phi) is 8.71. The van der Waals surface area contributed by atoms with Crippen molar-refractivity contribution < 1.29 is 29.0 Å². The number of carboxylic acid groups (broad SMARTS) is 1. The fourth-order valence-corrected chi connectivity index (χ4v) is 2.76. The number of hydrogen-bond donors (Lipinski definition) is 4. The largest absolute Gasteiger partial charge is 0.481 e. The zero-order valence-corrected chi connectivity index (χ0v) is 17.0. The predicted octanol–water partition coefficient (Wildman–Crippen LogP) is 1.21. The highest BCUT2D eigenvalue weighted by Crippen LogP contribution is 2.12. The molecule has 3 amide bonds. The molecule has 0 aliphatic carbocycles. The molecular weight excluding hydrogens is 402 g/mol. The van der Waals surface area contributed by atoms with Gasteiger partial charge >= 0.3 is 12.1 Å². The van der Waals surface area contributed by atoms with Crippen LogP contribution >= 0.6 is 0 Å². The van der Waals surface area contributed by atoms with Crippen LogP contribution < -0.4 is 16.4 Å². The third kappa shape index (κ3) is 7.56. The lowest BCUT2D eigenvalue weighted by atomic mass is 9.92. The van der Waals surface area contributed by atoms with Crippen molar-refractivity contribution in [2.24, 2.45) is 11.7 Å². The molecule has 9 nitrogen and oxygen atoms in total. The van der Waals surface area contributed by atoms with Gasteiger partial charge in [0.1, 0.15) is 12.6 Å². The molecular formula is C22H25N3O6. The molecule has 3 atom stereocenters. The standard InChI is InChI=1S/C22H25N3O6/c1-14(19(26)25-22(30)31-13-16-10-6-3-7-11-16)24-20(27)18(23)17(21(28)29)12-15-8-4-2-5-9-15/h2-11,14,17-18H,12-13,23H2,1H3,(H,24,27)(H,28,29)(H,25,26,30)/t14-,17?,18-/m0/s1. The van der Waals surface area contributed by atoms with Gasteiger partial charge in [0.15, 0.2) is 0 Å². The van der Waals surface area contributed by atoms with Gasteiger partial charge in [-0.2, -0.15) is 0 Å². The Morgan fingerprint density at radius 3 is 2.03 bits per heavy atom. The van der Waals surface area contributed by atoms with Crippen molar-refractivity contribution in [3.8, 4) is 0 Å². The highest BCUT2D eigenvalue weighted by atomic mass is 16.5. The Balaban J connectivity index is 1.86. The topological polar surface area (TPSA) is 148 Å². The lowest BCUT2D eigenvalue weighted by Gasteiger charge is -2.21. The maximum atomic E-state index is 12.4. The molecule has 9 heteroatoms. The van der Waals surface area contributed by atoms with Gasteiger partial charge in [-0.1, -0.05) is 60.7 Å². The van der Waals surface area contributed by atoms with Crippen molar-refractivity contribution >= 4 is 23.9 Å². The summed E-state index contributed by atoms with van der Waals surface area (Å²) in [6, 6.07) is 15.1. The van der Waals surface area contributed by atoms with Crippen LogP contribution in [0.25, 0.3) is 0 Å². The molecule has 31 heavy (non-hydrogen) atoms. The van der Waals surface area contributed by atoms with Crippen molar-refractivity contribution in [1.82, 2.24) is 10.6 Å². The highest BCUT2D eigenvalue weighted by Gasteiger charge is 2.32. The van der Waals surface area contributed by atoms with Crippen LogP contribution in [-0.2, 0) is 32.1 Å². The molecule has 0 aliphatic rings. The zero-order valence-electron chi connectivity index (χ0n) is 17.0. The number of alkyl carbamates (subject to hydrolysis) is 1. The molecule has 0 bridgehead atoms. The number of benzene rings is 2. The van der Waals surface area contributed by atoms with Crippen LogP contribution in [0.4, 0.5) is 4.79 Å². The molecule has 2 aromatic rings. The normalized spacial score (nSPS) is 13.4. The summed E-state index contributed by atoms with van der Waals surface area (Å²) in [6.45, 7) is 1.32. The fourth-order valence-electron chi connectivity index (χ4n) is 2.76. The number of hydrogen-bond acceptors (Lipinski definition) is 6. The average molecular weight is 427 g/mol. The van der Waals surface area contributed by atoms with E-state index in [1.807, 2.05) is 11.4 Å². The van der Waals surface area contributed by atoms with Gasteiger partial charge in [-0.05, 0) is 24.5 Å². The maximum Gasteiger partial charge on any atom is 0.414 e. The lowest BCUT2D eigenvalue weighted by molar-refractivity contribution is -0.145. The van der Waals surface area contributed by atoms with Crippen molar-refractivity contribution in [2.45, 2.75) is 32.0 Å². The number of carbonyl (C=O) groups excluding carboxylic acids is 3. The lowest BCUT2D eigenvalue weighted by Crippen LogP contribution is -2.54. The molecule has 1 unspecified atom stereocenters. The first-order valence-corrected chi connectivity index (χ1v) is 9.62. The molecule has 0 heterocycles. The van der Waals surface area contributed by atoms with E-state index in [1.54, 1.807) is 54.6 Å². The van der Waals surface area contributed by atoms with Crippen molar-refractivity contribution in [1.29, 1.82) is 0 Å². The number of nitrogens with two attached hydrogens (primary N) is 1. The third-order valence-corrected chi connectivity index (χ3v) is 4.54. The van der Waals surface area contributed by atoms with E-state index >= 15 is 0 Å². The molecule has 0 aliphatic heterocycles. The monoisotopic (exact) mass is 427 g/mol. The zero-order chi connectivity index (χ0) is 22.8. The molecule has 2 rings (SSSR count). The van der Waals surface area contributed by atoms with Gasteiger partial charge in [0.25, 0.3) is 5.91 Å². The fraction of sp³-hybridized carbons (Fsp3) is 0.273. The van der Waals surface area contributed by atoms with Crippen LogP contribution in [0.3, 0.4) is 0 Å². The minimum atomic E-state index is -1.39. The van der Waals surface area contributed by atoms with Crippen molar-refractivity contribution in [3.05, 3.63) is 71.8 Å². The van der Waals surface area contributed by atoms with Crippen LogP contribution in [0, 0.1) is 5.92 Å². The van der Waals surface area contributed by atoms with Crippen LogP contribution in [0.2, 0.25) is 0 Å². The molecule has 2 aromatic carbocycles. The number of rotatable bonds is 9. The van der Waals surface area contributed by atoms with Crippen LogP contribution in [0.5, 0.6) is 0 Å². The molecule has 0 saturated carbocycles. The van der Waals surface area contributed by atoms with Gasteiger partial charge in [-0.25, -0.2) is 4.79 Å². The summed E-state index contributed by atoms with van der Waals surface area (Å²) < 4.78 is 4.95. The summed E-state index contributed by atoms with van der Waals surface area (Å²) >= 11 is 0. The SMILES string of the molecule is C[C@H](NC(=O)[C@@H](N)C(Cc1ccccc1)C(=O)O)C(=O)NC(=O)OCc1ccccc1. The van der Waals surface area contributed by atoms with E-state index in [-0.39, 0.29) is 13.0 Å². The van der Waals surface area contributed by atoms with Gasteiger partial charge < -0.3 is 20.9 Å². The van der Waals surface area contributed by atoms with E-state index in [2.05, 4.69) is 5.32 Å². The molecule has 0 radical (unpaired) electrons. The van der Waals surface area contributed by atoms with Gasteiger partial charge in [-0.15, -0.1) is 0 Å². The molecule has 164 valence electrons. The van der Waals surface area contributed by atoms with Crippen LogP contribution in [-0.4, -0.2) is 41.1 Å². The molecule has 5 N–H and O–H groups in total. The van der Waals surface area contributed by atoms with Gasteiger partial charge in [0.05, 0.1) is 12.0 Å². The van der Waals surface area contributed by atoms with Gasteiger partial charge in [0.2, 0.25) is 5.91 Å². The summed E-state index contributed by atoms with van der Waals surface area (Å²) in [7, 11) is 0. The van der Waals surface area contributed by atoms with E-state index < -0.39 is 41.9 Å². The number of ether oxygens (including phenoxy) is 1. The Morgan fingerprint density at radius 2 is 1.48 bits per heavy atom. The number of imide groups is 1. The summed E-state index contributed by atoms with van der Waals surface area (Å²) in [5.41, 5.74) is 7.31. The predicted molar refractivity (Wildman–Crippen MR) is 112 cm³/mol. The minimum absolute atomic E-state index is 0.0225. The molecule has 0 spiro atoms. The van der Waals surface area contributed by atoms with E-state index in [0.29, 0.717) is 5.56 Å². The first-order chi connectivity index (χ1) is 14.8. The van der Waals surface area contributed by atoms with Crippen molar-refractivity contribution in [2.75, 3.05) is 0 Å². The second-order valence-electron chi connectivity index (χ2n) is 6.94. The summed E-state index contributed by atoms with van der Waals surface area (Å²) in [4.78, 5) is 47.9. The van der Waals surface area contributed by atoms with E-state index in [0.717, 1.165) is 5.56 Å². The quantitative estimate of drug-likeness (QED) is 0.470. The second-order valence-corrected chi connectivity index (χ2v) is 6.94. The first-order valence-electron chi connectivity index (χ1n) is 9.62. The molecule has 0 aromatic heterocycles. The number of carboxylic acids is 1. The summed E-state index contributed by atoms with van der Waals surface area (Å²) in [5.74, 6) is -4.04. The number of carbonyl (C=O) groups is 4. The summed E-state index contributed by atoms with van der Waals surface area (Å²) in [5, 5.41) is 13.8. The van der Waals surface area contributed by atoms with E-state index in [9.17, 15) is 24.3 Å². The second kappa shape index (κ2) is 11.5. The number of nitrogens with one attached hydrogen (secondary N) is 2. The smallest absolute Gasteiger partial charge is 0.414 e. The maximum absolute atomic E-state index is 12.4. The Labute approximate surface area is 179 Å². The molecule has 0 saturated heterocycles. The minimum Gasteiger partial charge on any atom is -0.481 e. The van der Waals surface area contributed by atoms with Crippen LogP contribution in [0.15, 0.2) is 60.7 Å². The van der Waals surface area contributed by atoms with Gasteiger partial charge in [-0.3, -0.25) is 19.7 Å². The average Bonchev–Trinajstić information content (AvgIpc) is 2.76. The third-order valence-electron chi connectivity index (χ3n) is 4.54. The molecule has 0 fully saturated rings. The summed E-state index contributed by atoms with van der Waals surface area (Å²) in [6.07, 6.45) is -0.913. The number of amides is 3. The number of aliphatic carboxylic acids is 1. The first kappa shape index (κ1) is 23.6. The van der Waals surface area contributed by atoms with Crippen LogP contribution in [0.1, 0.15) is 18.1 Å². The Morgan fingerprint density at radius 1 is 0.935 bits per heavy atom. The highest BCUT2D eigenvalue weighted by molar-refractivity contribution is 5.97. The van der Waals surface area contributed by atoms with Gasteiger partial charge in [0, 0.05) is 0 Å².